The van der Waals surface area contributed by atoms with Gasteiger partial charge in [-0.1, -0.05) is 34.1 Å². The molecule has 0 saturated heterocycles. The van der Waals surface area contributed by atoms with Crippen molar-refractivity contribution >= 4 is 15.9 Å². The smallest absolute Gasteiger partial charge is 0.123 e. The number of halogens is 2. The van der Waals surface area contributed by atoms with Gasteiger partial charge < -0.3 is 0 Å². The molecule has 2 nitrogen and oxygen atoms in total. The molecule has 0 aliphatic heterocycles. The Morgan fingerprint density at radius 3 is 2.55 bits per heavy atom. The second-order valence-electron chi connectivity index (χ2n) is 5.00. The predicted octanol–water partition coefficient (Wildman–Crippen LogP) is 3.95. The third-order valence-electron chi connectivity index (χ3n) is 3.52. The second kappa shape index (κ2) is 6.48. The lowest BCUT2D eigenvalue weighted by Crippen LogP contribution is -2.29. The first-order chi connectivity index (χ1) is 9.51. The molecule has 0 aliphatic rings. The number of aryl methyl sites for hydroxylation is 2. The highest BCUT2D eigenvalue weighted by Gasteiger charge is 2.13. The Morgan fingerprint density at radius 1 is 1.15 bits per heavy atom. The summed E-state index contributed by atoms with van der Waals surface area (Å²) in [6, 6.07) is 10.9. The van der Waals surface area contributed by atoms with Crippen molar-refractivity contribution in [3.8, 4) is 0 Å². The Kier molecular flexibility index (Phi) is 4.91. The van der Waals surface area contributed by atoms with Gasteiger partial charge in [0.05, 0.1) is 6.04 Å². The van der Waals surface area contributed by atoms with Crippen LogP contribution in [0.25, 0.3) is 0 Å². The van der Waals surface area contributed by atoms with Gasteiger partial charge in [0.25, 0.3) is 0 Å². The van der Waals surface area contributed by atoms with E-state index in [4.69, 9.17) is 5.84 Å². The largest absolute Gasteiger partial charge is 0.271 e. The van der Waals surface area contributed by atoms with E-state index in [9.17, 15) is 4.39 Å². The van der Waals surface area contributed by atoms with Crippen LogP contribution in [0.3, 0.4) is 0 Å². The second-order valence-corrected chi connectivity index (χ2v) is 5.86. The molecule has 20 heavy (non-hydrogen) atoms. The standard InChI is InChI=1S/C16H18BrFN2/c1-10-3-5-14(18)8-13(10)9-16(20-19)12-4-6-15(17)11(2)7-12/h3-8,16,20H,9,19H2,1-2H3. The molecule has 0 aliphatic carbocycles. The van der Waals surface area contributed by atoms with Crippen LogP contribution in [-0.2, 0) is 6.42 Å². The van der Waals surface area contributed by atoms with Crippen LogP contribution in [0.4, 0.5) is 4.39 Å². The van der Waals surface area contributed by atoms with Crippen LogP contribution in [0.2, 0.25) is 0 Å². The van der Waals surface area contributed by atoms with Crippen molar-refractivity contribution in [1.82, 2.24) is 5.43 Å². The number of hydrogen-bond donors (Lipinski definition) is 2. The first kappa shape index (κ1) is 15.2. The zero-order chi connectivity index (χ0) is 14.7. The molecule has 106 valence electrons. The molecule has 1 atom stereocenters. The Labute approximate surface area is 127 Å². The first-order valence-corrected chi connectivity index (χ1v) is 7.27. The van der Waals surface area contributed by atoms with Gasteiger partial charge in [0.1, 0.15) is 5.82 Å². The maximum Gasteiger partial charge on any atom is 0.123 e. The van der Waals surface area contributed by atoms with Gasteiger partial charge in [-0.05, 0) is 60.7 Å². The fourth-order valence-corrected chi connectivity index (χ4v) is 2.48. The lowest BCUT2D eigenvalue weighted by Gasteiger charge is -2.18. The molecule has 0 amide bonds. The summed E-state index contributed by atoms with van der Waals surface area (Å²) in [6.45, 7) is 4.02. The number of hydrogen-bond acceptors (Lipinski definition) is 2. The van der Waals surface area contributed by atoms with Crippen molar-refractivity contribution in [3.05, 3.63) is 68.9 Å². The summed E-state index contributed by atoms with van der Waals surface area (Å²) < 4.78 is 14.4. The fraction of sp³-hybridized carbons (Fsp3) is 0.250. The lowest BCUT2D eigenvalue weighted by molar-refractivity contribution is 0.547. The molecule has 2 rings (SSSR count). The van der Waals surface area contributed by atoms with Gasteiger partial charge in [-0.15, -0.1) is 0 Å². The van der Waals surface area contributed by atoms with Crippen molar-refractivity contribution in [2.45, 2.75) is 26.3 Å². The molecule has 3 N–H and O–H groups in total. The third kappa shape index (κ3) is 3.45. The third-order valence-corrected chi connectivity index (χ3v) is 4.41. The van der Waals surface area contributed by atoms with Gasteiger partial charge in [0.2, 0.25) is 0 Å². The summed E-state index contributed by atoms with van der Waals surface area (Å²) in [7, 11) is 0. The SMILES string of the molecule is Cc1cc(C(Cc2cc(F)ccc2C)NN)ccc1Br. The maximum absolute atomic E-state index is 13.4. The van der Waals surface area contributed by atoms with Crippen molar-refractivity contribution < 1.29 is 4.39 Å². The molecule has 0 spiro atoms. The molecular formula is C16H18BrFN2. The zero-order valence-corrected chi connectivity index (χ0v) is 13.2. The van der Waals surface area contributed by atoms with Crippen LogP contribution >= 0.6 is 15.9 Å². The minimum absolute atomic E-state index is 0.0395. The Bertz CT molecular complexity index is 613. The fourth-order valence-electron chi connectivity index (χ4n) is 2.24. The normalized spacial score (nSPS) is 12.4. The van der Waals surface area contributed by atoms with Gasteiger partial charge in [0.15, 0.2) is 0 Å². The average Bonchev–Trinajstić information content (AvgIpc) is 2.43. The lowest BCUT2D eigenvalue weighted by atomic mass is 9.95. The number of nitrogens with one attached hydrogen (secondary N) is 1. The molecule has 0 radical (unpaired) electrons. The topological polar surface area (TPSA) is 38.0 Å². The summed E-state index contributed by atoms with van der Waals surface area (Å²) in [5.41, 5.74) is 7.10. The summed E-state index contributed by atoms with van der Waals surface area (Å²) in [6.07, 6.45) is 0.654. The van der Waals surface area contributed by atoms with Gasteiger partial charge in [-0.25, -0.2) is 4.39 Å². The van der Waals surface area contributed by atoms with E-state index in [1.807, 2.05) is 26.0 Å². The zero-order valence-electron chi connectivity index (χ0n) is 11.6. The van der Waals surface area contributed by atoms with E-state index in [1.165, 1.54) is 6.07 Å². The van der Waals surface area contributed by atoms with Gasteiger partial charge >= 0.3 is 0 Å². The summed E-state index contributed by atoms with van der Waals surface area (Å²) in [5.74, 6) is 5.46. The van der Waals surface area contributed by atoms with E-state index >= 15 is 0 Å². The molecule has 2 aromatic carbocycles. The van der Waals surface area contributed by atoms with Crippen LogP contribution in [0.5, 0.6) is 0 Å². The van der Waals surface area contributed by atoms with Crippen molar-refractivity contribution in [1.29, 1.82) is 0 Å². The highest BCUT2D eigenvalue weighted by molar-refractivity contribution is 9.10. The van der Waals surface area contributed by atoms with Crippen LogP contribution in [-0.4, -0.2) is 0 Å². The van der Waals surface area contributed by atoms with E-state index in [-0.39, 0.29) is 11.9 Å². The highest BCUT2D eigenvalue weighted by atomic mass is 79.9. The molecule has 0 fully saturated rings. The van der Waals surface area contributed by atoms with Gasteiger partial charge in [0, 0.05) is 4.47 Å². The molecule has 2 aromatic rings. The van der Waals surface area contributed by atoms with Crippen LogP contribution in [0.1, 0.15) is 28.3 Å². The molecule has 0 aromatic heterocycles. The number of hydrazine groups is 1. The minimum atomic E-state index is -0.214. The molecule has 1 unspecified atom stereocenters. The van der Waals surface area contributed by atoms with Gasteiger partial charge in [-0.2, -0.15) is 0 Å². The van der Waals surface area contributed by atoms with Crippen molar-refractivity contribution in [2.75, 3.05) is 0 Å². The Balaban J connectivity index is 2.28. The molecule has 4 heteroatoms. The monoisotopic (exact) mass is 336 g/mol. The van der Waals surface area contributed by atoms with E-state index in [1.54, 1.807) is 12.1 Å². The summed E-state index contributed by atoms with van der Waals surface area (Å²) in [4.78, 5) is 0. The molecule has 0 bridgehead atoms. The summed E-state index contributed by atoms with van der Waals surface area (Å²) >= 11 is 3.49. The predicted molar refractivity (Wildman–Crippen MR) is 83.8 cm³/mol. The van der Waals surface area contributed by atoms with Gasteiger partial charge in [-0.3, -0.25) is 11.3 Å². The van der Waals surface area contributed by atoms with E-state index in [0.29, 0.717) is 6.42 Å². The quantitative estimate of drug-likeness (QED) is 0.655. The Morgan fingerprint density at radius 2 is 1.90 bits per heavy atom. The minimum Gasteiger partial charge on any atom is -0.271 e. The van der Waals surface area contributed by atoms with Crippen LogP contribution < -0.4 is 11.3 Å². The maximum atomic E-state index is 13.4. The first-order valence-electron chi connectivity index (χ1n) is 6.48. The van der Waals surface area contributed by atoms with E-state index < -0.39 is 0 Å². The number of benzene rings is 2. The highest BCUT2D eigenvalue weighted by Crippen LogP contribution is 2.24. The van der Waals surface area contributed by atoms with Crippen molar-refractivity contribution in [3.63, 3.8) is 0 Å². The molecular weight excluding hydrogens is 319 g/mol. The number of rotatable bonds is 4. The molecule has 0 saturated carbocycles. The van der Waals surface area contributed by atoms with E-state index in [0.717, 1.165) is 26.7 Å². The average molecular weight is 337 g/mol. The Hall–Kier alpha value is -1.23. The summed E-state index contributed by atoms with van der Waals surface area (Å²) in [5, 5.41) is 0. The van der Waals surface area contributed by atoms with E-state index in [2.05, 4.69) is 27.4 Å². The van der Waals surface area contributed by atoms with Crippen LogP contribution in [0, 0.1) is 19.7 Å². The van der Waals surface area contributed by atoms with Crippen LogP contribution in [0.15, 0.2) is 40.9 Å². The molecule has 0 heterocycles. The number of nitrogens with two attached hydrogens (primary N) is 1. The van der Waals surface area contributed by atoms with Crippen molar-refractivity contribution in [2.24, 2.45) is 5.84 Å².